The summed E-state index contributed by atoms with van der Waals surface area (Å²) >= 11 is 15.6. The van der Waals surface area contributed by atoms with Crippen LogP contribution in [0.1, 0.15) is 21.9 Å². The predicted octanol–water partition coefficient (Wildman–Crippen LogP) is 5.00. The molecule has 0 saturated heterocycles. The van der Waals surface area contributed by atoms with Gasteiger partial charge in [-0.2, -0.15) is 10.1 Å². The van der Waals surface area contributed by atoms with Crippen LogP contribution in [-0.4, -0.2) is 43.8 Å². The summed E-state index contributed by atoms with van der Waals surface area (Å²) in [6.45, 7) is 1.65. The van der Waals surface area contributed by atoms with Gasteiger partial charge in [-0.3, -0.25) is 9.59 Å². The first kappa shape index (κ1) is 25.5. The third-order valence-electron chi connectivity index (χ3n) is 4.76. The first-order valence-electron chi connectivity index (χ1n) is 10.1. The minimum Gasteiger partial charge on any atom is -0.352 e. The number of rotatable bonds is 6. The van der Waals surface area contributed by atoms with Crippen molar-refractivity contribution >= 4 is 62.7 Å². The van der Waals surface area contributed by atoms with Gasteiger partial charge in [-0.1, -0.05) is 28.4 Å². The van der Waals surface area contributed by atoms with Gasteiger partial charge < -0.3 is 15.2 Å². The molecule has 0 atom stereocenters. The van der Waals surface area contributed by atoms with Crippen LogP contribution in [0, 0.1) is 6.92 Å². The minimum absolute atomic E-state index is 0.0920. The number of pyridine rings is 1. The molecule has 1 aromatic carbocycles. The lowest BCUT2D eigenvalue weighted by Gasteiger charge is -2.12. The number of halogens is 4. The van der Waals surface area contributed by atoms with E-state index in [0.29, 0.717) is 15.2 Å². The predicted molar refractivity (Wildman–Crippen MR) is 135 cm³/mol. The van der Waals surface area contributed by atoms with Crippen LogP contribution < -0.4 is 10.6 Å². The lowest BCUT2D eigenvalue weighted by atomic mass is 10.1. The largest absolute Gasteiger partial charge is 0.352 e. The number of carbonyl (C=O) groups is 2. The molecular weight excluding hydrogens is 580 g/mol. The van der Waals surface area contributed by atoms with Crippen molar-refractivity contribution in [1.29, 1.82) is 0 Å². The molecule has 184 valence electrons. The van der Waals surface area contributed by atoms with Crippen molar-refractivity contribution in [3.05, 3.63) is 74.1 Å². The van der Waals surface area contributed by atoms with Gasteiger partial charge in [0, 0.05) is 24.3 Å². The summed E-state index contributed by atoms with van der Waals surface area (Å²) in [4.78, 5) is 32.8. The van der Waals surface area contributed by atoms with Gasteiger partial charge in [0.05, 0.1) is 22.0 Å². The van der Waals surface area contributed by atoms with Crippen LogP contribution in [0.15, 0.2) is 51.5 Å². The first-order valence-corrected chi connectivity index (χ1v) is 11.6. The van der Waals surface area contributed by atoms with E-state index in [2.05, 4.69) is 46.8 Å². The van der Waals surface area contributed by atoms with Crippen molar-refractivity contribution in [3.8, 4) is 17.3 Å². The van der Waals surface area contributed by atoms with E-state index in [9.17, 15) is 9.59 Å². The number of nitrogens with zero attached hydrogens (tertiary/aromatic N) is 5. The molecule has 0 radical (unpaired) electrons. The van der Waals surface area contributed by atoms with Crippen molar-refractivity contribution in [3.63, 3.8) is 0 Å². The number of hydrogen-bond donors (Lipinski definition) is 2. The van der Waals surface area contributed by atoms with Crippen molar-refractivity contribution in [2.24, 2.45) is 0 Å². The molecule has 3 heterocycles. The summed E-state index contributed by atoms with van der Waals surface area (Å²) in [5.41, 5.74) is 1.07. The van der Waals surface area contributed by atoms with Crippen molar-refractivity contribution < 1.29 is 18.5 Å². The zero-order chi connectivity index (χ0) is 26.0. The third kappa shape index (κ3) is 5.30. The second kappa shape index (κ2) is 10.6. The molecule has 10 nitrogen and oxygen atoms in total. The molecule has 2 N–H and O–H groups in total. The Morgan fingerprint density at radius 2 is 2.03 bits per heavy atom. The Bertz CT molecular complexity index is 1520. The number of aryl methyl sites for hydroxylation is 1. The Morgan fingerprint density at radius 3 is 2.75 bits per heavy atom. The zero-order valence-corrected chi connectivity index (χ0v) is 21.6. The Labute approximate surface area is 221 Å². The molecule has 0 fully saturated rings. The maximum Gasteiger partial charge on any atom is 0.292 e. The van der Waals surface area contributed by atoms with Gasteiger partial charge in [0.25, 0.3) is 23.5 Å². The number of hydrogen-bond acceptors (Lipinski definition) is 7. The highest BCUT2D eigenvalue weighted by atomic mass is 79.9. The van der Waals surface area contributed by atoms with E-state index in [-0.39, 0.29) is 39.5 Å². The standard InChI is InChI=1S/C22H15BrCl2FN7O3/c1-10-6-11(24)7-13(22-30-18(32-36-22)21(35)27-2)17(10)29-20(34)15(26)8-12-9-16(23)31-33(12)19-14(25)4-3-5-28-19/h3-9H,1-2H3,(H,27,35)(H,29,34)/b15-8-. The van der Waals surface area contributed by atoms with E-state index >= 15 is 4.39 Å². The Morgan fingerprint density at radius 1 is 1.25 bits per heavy atom. The van der Waals surface area contributed by atoms with Crippen LogP contribution in [-0.2, 0) is 4.79 Å². The van der Waals surface area contributed by atoms with E-state index in [1.807, 2.05) is 0 Å². The summed E-state index contributed by atoms with van der Waals surface area (Å²) in [5.74, 6) is -2.83. The fourth-order valence-electron chi connectivity index (χ4n) is 3.15. The van der Waals surface area contributed by atoms with E-state index in [4.69, 9.17) is 27.7 Å². The fraction of sp³-hybridized carbons (Fsp3) is 0.0909. The van der Waals surface area contributed by atoms with Crippen LogP contribution in [0.4, 0.5) is 10.1 Å². The van der Waals surface area contributed by atoms with Gasteiger partial charge in [-0.25, -0.2) is 14.1 Å². The van der Waals surface area contributed by atoms with E-state index in [1.54, 1.807) is 25.1 Å². The zero-order valence-electron chi connectivity index (χ0n) is 18.5. The molecule has 3 aromatic heterocycles. The molecule has 4 aromatic rings. The van der Waals surface area contributed by atoms with Crippen molar-refractivity contribution in [1.82, 2.24) is 30.2 Å². The molecule has 36 heavy (non-hydrogen) atoms. The number of benzene rings is 1. The SMILES string of the molecule is CNC(=O)c1noc(-c2cc(Cl)cc(C)c2NC(=O)/C(F)=C/c2cc(Br)nn2-c2ncccc2Cl)n1. The van der Waals surface area contributed by atoms with E-state index in [0.717, 1.165) is 6.08 Å². The molecule has 0 aliphatic heterocycles. The molecule has 0 spiro atoms. The Balaban J connectivity index is 1.68. The van der Waals surface area contributed by atoms with Gasteiger partial charge in [-0.15, -0.1) is 0 Å². The number of carbonyl (C=O) groups excluding carboxylic acids is 2. The lowest BCUT2D eigenvalue weighted by molar-refractivity contribution is -0.114. The molecule has 4 rings (SSSR count). The fourth-order valence-corrected chi connectivity index (χ4v) is 4.02. The Kier molecular flexibility index (Phi) is 7.48. The van der Waals surface area contributed by atoms with Gasteiger partial charge in [-0.05, 0) is 58.7 Å². The second-order valence-corrected chi connectivity index (χ2v) is 8.86. The smallest absolute Gasteiger partial charge is 0.292 e. The number of nitrogens with one attached hydrogen (secondary N) is 2. The number of anilines is 1. The van der Waals surface area contributed by atoms with Crippen LogP contribution in [0.2, 0.25) is 10.0 Å². The first-order chi connectivity index (χ1) is 17.2. The van der Waals surface area contributed by atoms with Gasteiger partial charge in [0.1, 0.15) is 4.60 Å². The molecule has 2 amide bonds. The molecule has 0 aliphatic rings. The van der Waals surface area contributed by atoms with E-state index in [1.165, 1.54) is 30.1 Å². The average Bonchev–Trinajstić information content (AvgIpc) is 3.47. The summed E-state index contributed by atoms with van der Waals surface area (Å²) in [5, 5.41) is 13.3. The second-order valence-electron chi connectivity index (χ2n) is 7.21. The van der Waals surface area contributed by atoms with Crippen LogP contribution in [0.25, 0.3) is 23.3 Å². The molecule has 0 aliphatic carbocycles. The minimum atomic E-state index is -1.13. The van der Waals surface area contributed by atoms with Gasteiger partial charge in [0.2, 0.25) is 0 Å². The summed E-state index contributed by atoms with van der Waals surface area (Å²) < 4.78 is 21.9. The molecule has 0 bridgehead atoms. The van der Waals surface area contributed by atoms with Crippen LogP contribution >= 0.6 is 39.1 Å². The summed E-state index contributed by atoms with van der Waals surface area (Å²) in [7, 11) is 1.41. The highest BCUT2D eigenvalue weighted by molar-refractivity contribution is 9.10. The molecule has 0 unspecified atom stereocenters. The number of amides is 2. The molecule has 0 saturated carbocycles. The molecule has 14 heteroatoms. The lowest BCUT2D eigenvalue weighted by Crippen LogP contribution is -2.19. The van der Waals surface area contributed by atoms with Crippen molar-refractivity contribution in [2.75, 3.05) is 12.4 Å². The highest BCUT2D eigenvalue weighted by Gasteiger charge is 2.22. The monoisotopic (exact) mass is 593 g/mol. The normalized spacial score (nSPS) is 11.4. The Hall–Kier alpha value is -3.61. The highest BCUT2D eigenvalue weighted by Crippen LogP contribution is 2.34. The topological polar surface area (TPSA) is 128 Å². The molecular formula is C22H15BrCl2FN7O3. The quantitative estimate of drug-likeness (QED) is 0.300. The van der Waals surface area contributed by atoms with Gasteiger partial charge >= 0.3 is 0 Å². The third-order valence-corrected chi connectivity index (χ3v) is 5.66. The van der Waals surface area contributed by atoms with Crippen LogP contribution in [0.3, 0.4) is 0 Å². The average molecular weight is 595 g/mol. The van der Waals surface area contributed by atoms with Gasteiger partial charge in [0.15, 0.2) is 11.6 Å². The van der Waals surface area contributed by atoms with Crippen LogP contribution in [0.5, 0.6) is 0 Å². The summed E-state index contributed by atoms with van der Waals surface area (Å²) in [6.07, 6.45) is 2.49. The maximum absolute atomic E-state index is 15.1. The maximum atomic E-state index is 15.1. The van der Waals surface area contributed by atoms with Crippen molar-refractivity contribution in [2.45, 2.75) is 6.92 Å². The summed E-state index contributed by atoms with van der Waals surface area (Å²) in [6, 6.07) is 7.75. The van der Waals surface area contributed by atoms with E-state index < -0.39 is 17.6 Å². The number of aromatic nitrogens is 5.